The number of aryl methyl sites for hydroxylation is 1. The molecule has 0 aliphatic carbocycles. The minimum absolute atomic E-state index is 0.759. The summed E-state index contributed by atoms with van der Waals surface area (Å²) < 4.78 is 0. The van der Waals surface area contributed by atoms with Crippen molar-refractivity contribution in [1.29, 1.82) is 0 Å². The highest BCUT2D eigenvalue weighted by atomic mass is 32.1. The van der Waals surface area contributed by atoms with Crippen LogP contribution in [-0.4, -0.2) is 43.6 Å². The van der Waals surface area contributed by atoms with Crippen LogP contribution in [0.1, 0.15) is 36.4 Å². The third-order valence-electron chi connectivity index (χ3n) is 3.99. The Morgan fingerprint density at radius 2 is 2.27 bits per heavy atom. The molecule has 0 saturated carbocycles. The van der Waals surface area contributed by atoms with Gasteiger partial charge in [0.2, 0.25) is 0 Å². The first-order valence-electron chi connectivity index (χ1n) is 8.47. The number of aliphatic imine (C=N–C) groups is 1. The highest BCUT2D eigenvalue weighted by Crippen LogP contribution is 2.16. The number of rotatable bonds is 6. The van der Waals surface area contributed by atoms with E-state index in [4.69, 9.17) is 0 Å². The lowest BCUT2D eigenvalue weighted by Gasteiger charge is -2.30. The van der Waals surface area contributed by atoms with Gasteiger partial charge in [-0.3, -0.25) is 0 Å². The average molecular weight is 323 g/mol. The van der Waals surface area contributed by atoms with E-state index in [1.807, 2.05) is 11.3 Å². The Balaban J connectivity index is 1.75. The first kappa shape index (κ1) is 17.3. The van der Waals surface area contributed by atoms with Crippen LogP contribution >= 0.6 is 11.3 Å². The molecular weight excluding hydrogens is 292 g/mol. The molecule has 0 amide bonds. The molecule has 124 valence electrons. The summed E-state index contributed by atoms with van der Waals surface area (Å²) in [4.78, 5) is 9.91. The van der Waals surface area contributed by atoms with Crippen LogP contribution in [0, 0.1) is 12.8 Å². The maximum absolute atomic E-state index is 4.68. The van der Waals surface area contributed by atoms with Crippen molar-refractivity contribution in [2.45, 2.75) is 40.2 Å². The highest BCUT2D eigenvalue weighted by Gasteiger charge is 2.15. The molecule has 1 unspecified atom stereocenters. The summed E-state index contributed by atoms with van der Waals surface area (Å²) in [6.45, 7) is 12.8. The minimum Gasteiger partial charge on any atom is -0.357 e. The molecule has 0 radical (unpaired) electrons. The second-order valence-corrected chi connectivity index (χ2v) is 7.55. The van der Waals surface area contributed by atoms with E-state index < -0.39 is 0 Å². The Hall–Kier alpha value is -1.07. The predicted octanol–water partition coefficient (Wildman–Crippen LogP) is 2.84. The van der Waals surface area contributed by atoms with Gasteiger partial charge in [0.25, 0.3) is 0 Å². The molecule has 1 atom stereocenters. The molecule has 22 heavy (non-hydrogen) atoms. The van der Waals surface area contributed by atoms with Crippen LogP contribution in [0.5, 0.6) is 0 Å². The standard InChI is InChI=1S/C17H30N4S/c1-4-18-17(20-12-16-8-7-15(3)22-16)19-9-11-21-10-5-6-14(2)13-21/h7-8,14H,4-6,9-13H2,1-3H3,(H2,18,19,20). The lowest BCUT2D eigenvalue weighted by Crippen LogP contribution is -2.43. The Morgan fingerprint density at radius 1 is 1.41 bits per heavy atom. The summed E-state index contributed by atoms with van der Waals surface area (Å²) in [7, 11) is 0. The van der Waals surface area contributed by atoms with E-state index >= 15 is 0 Å². The quantitative estimate of drug-likeness (QED) is 0.625. The minimum atomic E-state index is 0.759. The molecule has 1 aromatic heterocycles. The normalized spacial score (nSPS) is 20.1. The summed E-state index contributed by atoms with van der Waals surface area (Å²) in [5, 5.41) is 6.79. The van der Waals surface area contributed by atoms with Gasteiger partial charge >= 0.3 is 0 Å². The lowest BCUT2D eigenvalue weighted by molar-refractivity contribution is 0.187. The average Bonchev–Trinajstić information content (AvgIpc) is 2.90. The van der Waals surface area contributed by atoms with Gasteiger partial charge in [0.05, 0.1) is 6.54 Å². The number of hydrogen-bond acceptors (Lipinski definition) is 3. The first-order chi connectivity index (χ1) is 10.7. The van der Waals surface area contributed by atoms with Crippen molar-refractivity contribution in [3.8, 4) is 0 Å². The highest BCUT2D eigenvalue weighted by molar-refractivity contribution is 7.11. The van der Waals surface area contributed by atoms with Gasteiger partial charge in [-0.05, 0) is 51.3 Å². The van der Waals surface area contributed by atoms with E-state index in [0.29, 0.717) is 0 Å². The molecular formula is C17H30N4S. The fourth-order valence-electron chi connectivity index (χ4n) is 2.89. The van der Waals surface area contributed by atoms with Gasteiger partial charge in [0.15, 0.2) is 5.96 Å². The zero-order valence-electron chi connectivity index (χ0n) is 14.2. The van der Waals surface area contributed by atoms with Crippen molar-refractivity contribution in [3.63, 3.8) is 0 Å². The smallest absolute Gasteiger partial charge is 0.191 e. The number of nitrogens with zero attached hydrogens (tertiary/aromatic N) is 2. The second-order valence-electron chi connectivity index (χ2n) is 6.18. The largest absolute Gasteiger partial charge is 0.357 e. The van der Waals surface area contributed by atoms with Crippen LogP contribution in [0.4, 0.5) is 0 Å². The van der Waals surface area contributed by atoms with Crippen LogP contribution < -0.4 is 10.6 Å². The number of thiophene rings is 1. The number of nitrogens with one attached hydrogen (secondary N) is 2. The van der Waals surface area contributed by atoms with Gasteiger partial charge < -0.3 is 15.5 Å². The van der Waals surface area contributed by atoms with Crippen LogP contribution in [-0.2, 0) is 6.54 Å². The molecule has 0 spiro atoms. The van der Waals surface area contributed by atoms with Crippen LogP contribution in [0.15, 0.2) is 17.1 Å². The van der Waals surface area contributed by atoms with Crippen molar-refractivity contribution in [3.05, 3.63) is 21.9 Å². The Labute approximate surface area is 139 Å². The van der Waals surface area contributed by atoms with Crippen molar-refractivity contribution in [2.24, 2.45) is 10.9 Å². The topological polar surface area (TPSA) is 39.7 Å². The monoisotopic (exact) mass is 322 g/mol. The van der Waals surface area contributed by atoms with Crippen molar-refractivity contribution >= 4 is 17.3 Å². The summed E-state index contributed by atoms with van der Waals surface area (Å²) in [6.07, 6.45) is 2.72. The molecule has 5 heteroatoms. The summed E-state index contributed by atoms with van der Waals surface area (Å²) in [5.41, 5.74) is 0. The van der Waals surface area contributed by atoms with Gasteiger partial charge in [-0.15, -0.1) is 11.3 Å². The fraction of sp³-hybridized carbons (Fsp3) is 0.706. The van der Waals surface area contributed by atoms with Gasteiger partial charge in [-0.1, -0.05) is 6.92 Å². The van der Waals surface area contributed by atoms with Crippen molar-refractivity contribution in [1.82, 2.24) is 15.5 Å². The van der Waals surface area contributed by atoms with E-state index in [-0.39, 0.29) is 0 Å². The van der Waals surface area contributed by atoms with Gasteiger partial charge in [-0.25, -0.2) is 4.99 Å². The maximum Gasteiger partial charge on any atom is 0.191 e. The molecule has 1 aromatic rings. The number of guanidine groups is 1. The third kappa shape index (κ3) is 5.97. The summed E-state index contributed by atoms with van der Waals surface area (Å²) in [6, 6.07) is 4.33. The maximum atomic E-state index is 4.68. The first-order valence-corrected chi connectivity index (χ1v) is 9.29. The third-order valence-corrected chi connectivity index (χ3v) is 4.98. The predicted molar refractivity (Wildman–Crippen MR) is 96.7 cm³/mol. The molecule has 1 fully saturated rings. The Kier molecular flexibility index (Phi) is 7.19. The van der Waals surface area contributed by atoms with E-state index in [0.717, 1.165) is 38.1 Å². The molecule has 1 saturated heterocycles. The molecule has 0 bridgehead atoms. The SMILES string of the molecule is CCNC(=NCc1ccc(C)s1)NCCN1CCCC(C)C1. The molecule has 1 aliphatic rings. The molecule has 2 heterocycles. The van der Waals surface area contributed by atoms with Crippen LogP contribution in [0.25, 0.3) is 0 Å². The van der Waals surface area contributed by atoms with Crippen molar-refractivity contribution < 1.29 is 0 Å². The van der Waals surface area contributed by atoms with Gasteiger partial charge in [0.1, 0.15) is 0 Å². The van der Waals surface area contributed by atoms with Crippen LogP contribution in [0.2, 0.25) is 0 Å². The summed E-state index contributed by atoms with van der Waals surface area (Å²) in [5.74, 6) is 1.77. The molecule has 0 aromatic carbocycles. The van der Waals surface area contributed by atoms with Gasteiger partial charge in [0, 0.05) is 35.9 Å². The second kappa shape index (κ2) is 9.16. The fourth-order valence-corrected chi connectivity index (χ4v) is 3.71. The van der Waals surface area contributed by atoms with Gasteiger partial charge in [-0.2, -0.15) is 0 Å². The molecule has 4 nitrogen and oxygen atoms in total. The lowest BCUT2D eigenvalue weighted by atomic mass is 10.0. The molecule has 2 rings (SSSR count). The number of hydrogen-bond donors (Lipinski definition) is 2. The molecule has 2 N–H and O–H groups in total. The van der Waals surface area contributed by atoms with E-state index in [1.54, 1.807) is 0 Å². The van der Waals surface area contributed by atoms with E-state index in [1.165, 1.54) is 35.7 Å². The Morgan fingerprint density at radius 3 is 2.95 bits per heavy atom. The Bertz CT molecular complexity index is 469. The number of likely N-dealkylation sites (tertiary alicyclic amines) is 1. The summed E-state index contributed by atoms with van der Waals surface area (Å²) >= 11 is 1.82. The van der Waals surface area contributed by atoms with Crippen molar-refractivity contribution in [2.75, 3.05) is 32.7 Å². The zero-order valence-corrected chi connectivity index (χ0v) is 15.0. The van der Waals surface area contributed by atoms with Crippen LogP contribution in [0.3, 0.4) is 0 Å². The van der Waals surface area contributed by atoms with E-state index in [9.17, 15) is 0 Å². The van der Waals surface area contributed by atoms with E-state index in [2.05, 4.69) is 53.4 Å². The number of piperidine rings is 1. The molecule has 1 aliphatic heterocycles. The zero-order chi connectivity index (χ0) is 15.8.